The summed E-state index contributed by atoms with van der Waals surface area (Å²) < 4.78 is 5.38. The second-order valence-electron chi connectivity index (χ2n) is 4.91. The zero-order chi connectivity index (χ0) is 16.2. The number of aromatic nitrogens is 2. The number of anilines is 1. The minimum absolute atomic E-state index is 0.275. The van der Waals surface area contributed by atoms with E-state index in [-0.39, 0.29) is 5.91 Å². The second kappa shape index (κ2) is 6.58. The number of benzene rings is 1. The molecule has 1 N–H and O–H groups in total. The molecule has 5 nitrogen and oxygen atoms in total. The number of methoxy groups -OCH3 is 1. The summed E-state index contributed by atoms with van der Waals surface area (Å²) in [4.78, 5) is 20.6. The Labute approximate surface area is 138 Å². The molecule has 116 valence electrons. The first-order chi connectivity index (χ1) is 11.2. The molecule has 1 amide bonds. The standard InChI is InChI=1S/C17H15N3O2S/c1-11-6-7-15(22-2)12(9-11)14-10-23-17(19-14)20-16(21)13-5-3-4-8-18-13/h3-10H,1-2H3,(H,19,20,21). The van der Waals surface area contributed by atoms with Crippen molar-refractivity contribution < 1.29 is 9.53 Å². The number of amides is 1. The average molecular weight is 325 g/mol. The Kier molecular flexibility index (Phi) is 4.34. The Morgan fingerprint density at radius 2 is 2.13 bits per heavy atom. The van der Waals surface area contributed by atoms with E-state index in [0.717, 1.165) is 22.6 Å². The summed E-state index contributed by atoms with van der Waals surface area (Å²) in [5.41, 5.74) is 3.15. The van der Waals surface area contributed by atoms with Gasteiger partial charge in [-0.1, -0.05) is 17.7 Å². The highest BCUT2D eigenvalue weighted by molar-refractivity contribution is 7.14. The van der Waals surface area contributed by atoms with E-state index in [9.17, 15) is 4.79 Å². The predicted molar refractivity (Wildman–Crippen MR) is 91.0 cm³/mol. The van der Waals surface area contributed by atoms with E-state index >= 15 is 0 Å². The van der Waals surface area contributed by atoms with Crippen molar-refractivity contribution in [2.24, 2.45) is 0 Å². The molecule has 3 aromatic rings. The van der Waals surface area contributed by atoms with E-state index in [1.165, 1.54) is 11.3 Å². The van der Waals surface area contributed by atoms with Gasteiger partial charge in [0.2, 0.25) is 0 Å². The van der Waals surface area contributed by atoms with Crippen LogP contribution < -0.4 is 10.1 Å². The molecule has 0 fully saturated rings. The lowest BCUT2D eigenvalue weighted by atomic mass is 10.1. The summed E-state index contributed by atoms with van der Waals surface area (Å²) in [6.45, 7) is 2.01. The lowest BCUT2D eigenvalue weighted by Crippen LogP contribution is -2.13. The van der Waals surface area contributed by atoms with Crippen LogP contribution in [0.3, 0.4) is 0 Å². The Morgan fingerprint density at radius 1 is 1.26 bits per heavy atom. The number of hydrogen-bond acceptors (Lipinski definition) is 5. The first-order valence-electron chi connectivity index (χ1n) is 7.00. The first kappa shape index (κ1) is 15.2. The van der Waals surface area contributed by atoms with Crippen molar-refractivity contribution in [1.82, 2.24) is 9.97 Å². The number of pyridine rings is 1. The summed E-state index contributed by atoms with van der Waals surface area (Å²) >= 11 is 1.37. The van der Waals surface area contributed by atoms with Gasteiger partial charge in [-0.15, -0.1) is 11.3 Å². The summed E-state index contributed by atoms with van der Waals surface area (Å²) in [5, 5.41) is 5.19. The molecule has 0 saturated heterocycles. The number of carbonyl (C=O) groups excluding carboxylic acids is 1. The summed E-state index contributed by atoms with van der Waals surface area (Å²) in [5.74, 6) is 0.478. The van der Waals surface area contributed by atoms with Gasteiger partial charge in [-0.05, 0) is 31.2 Å². The van der Waals surface area contributed by atoms with Gasteiger partial charge in [0.15, 0.2) is 5.13 Å². The van der Waals surface area contributed by atoms with Gasteiger partial charge in [0.1, 0.15) is 11.4 Å². The highest BCUT2D eigenvalue weighted by Gasteiger charge is 2.13. The zero-order valence-electron chi connectivity index (χ0n) is 12.7. The fourth-order valence-corrected chi connectivity index (χ4v) is 2.84. The quantitative estimate of drug-likeness (QED) is 0.793. The Morgan fingerprint density at radius 3 is 2.87 bits per heavy atom. The van der Waals surface area contributed by atoms with Gasteiger partial charge in [-0.3, -0.25) is 15.1 Å². The van der Waals surface area contributed by atoms with E-state index in [0.29, 0.717) is 10.8 Å². The summed E-state index contributed by atoms with van der Waals surface area (Å²) in [6, 6.07) is 11.1. The van der Waals surface area contributed by atoms with Crippen LogP contribution in [0.4, 0.5) is 5.13 Å². The molecule has 1 aromatic carbocycles. The highest BCUT2D eigenvalue weighted by atomic mass is 32.1. The van der Waals surface area contributed by atoms with E-state index in [1.807, 2.05) is 30.5 Å². The third kappa shape index (κ3) is 3.37. The molecule has 3 rings (SSSR count). The van der Waals surface area contributed by atoms with Crippen molar-refractivity contribution in [1.29, 1.82) is 0 Å². The second-order valence-corrected chi connectivity index (χ2v) is 5.77. The van der Waals surface area contributed by atoms with Gasteiger partial charge in [0.05, 0.1) is 12.8 Å². The number of nitrogens with one attached hydrogen (secondary N) is 1. The largest absolute Gasteiger partial charge is 0.496 e. The molecular weight excluding hydrogens is 310 g/mol. The molecule has 0 aliphatic carbocycles. The number of ether oxygens (including phenoxy) is 1. The average Bonchev–Trinajstić information content (AvgIpc) is 3.04. The maximum absolute atomic E-state index is 12.1. The molecule has 0 spiro atoms. The normalized spacial score (nSPS) is 10.3. The number of thiazole rings is 1. The molecule has 2 heterocycles. The van der Waals surface area contributed by atoms with Crippen LogP contribution in [0, 0.1) is 6.92 Å². The Hall–Kier alpha value is -2.73. The van der Waals surface area contributed by atoms with Crippen LogP contribution >= 0.6 is 11.3 Å². The number of hydrogen-bond donors (Lipinski definition) is 1. The summed E-state index contributed by atoms with van der Waals surface area (Å²) in [7, 11) is 1.63. The molecule has 0 radical (unpaired) electrons. The predicted octanol–water partition coefficient (Wildman–Crippen LogP) is 3.77. The maximum atomic E-state index is 12.1. The van der Waals surface area contributed by atoms with Gasteiger partial charge >= 0.3 is 0 Å². The maximum Gasteiger partial charge on any atom is 0.276 e. The summed E-state index contributed by atoms with van der Waals surface area (Å²) in [6.07, 6.45) is 1.58. The van der Waals surface area contributed by atoms with Crippen LogP contribution in [0.5, 0.6) is 5.75 Å². The van der Waals surface area contributed by atoms with Crippen LogP contribution in [0.25, 0.3) is 11.3 Å². The Balaban J connectivity index is 1.84. The molecule has 0 saturated carbocycles. The van der Waals surface area contributed by atoms with Crippen molar-refractivity contribution in [2.75, 3.05) is 12.4 Å². The molecule has 6 heteroatoms. The minimum atomic E-state index is -0.275. The van der Waals surface area contributed by atoms with E-state index < -0.39 is 0 Å². The van der Waals surface area contributed by atoms with Gasteiger partial charge in [0.25, 0.3) is 5.91 Å². The van der Waals surface area contributed by atoms with E-state index in [2.05, 4.69) is 15.3 Å². The third-order valence-electron chi connectivity index (χ3n) is 3.25. The molecule has 23 heavy (non-hydrogen) atoms. The van der Waals surface area contributed by atoms with Gasteiger partial charge in [0, 0.05) is 17.1 Å². The zero-order valence-corrected chi connectivity index (χ0v) is 13.6. The van der Waals surface area contributed by atoms with Crippen LogP contribution in [-0.2, 0) is 0 Å². The smallest absolute Gasteiger partial charge is 0.276 e. The molecule has 0 atom stereocenters. The lowest BCUT2D eigenvalue weighted by Gasteiger charge is -2.07. The van der Waals surface area contributed by atoms with Gasteiger partial charge in [-0.2, -0.15) is 0 Å². The van der Waals surface area contributed by atoms with Crippen LogP contribution in [0.15, 0.2) is 48.0 Å². The lowest BCUT2D eigenvalue weighted by molar-refractivity contribution is 0.102. The van der Waals surface area contributed by atoms with Gasteiger partial charge in [-0.25, -0.2) is 4.98 Å². The monoisotopic (exact) mass is 325 g/mol. The van der Waals surface area contributed by atoms with Crippen LogP contribution in [-0.4, -0.2) is 23.0 Å². The van der Waals surface area contributed by atoms with Gasteiger partial charge < -0.3 is 4.74 Å². The van der Waals surface area contributed by atoms with Crippen LogP contribution in [0.1, 0.15) is 16.1 Å². The SMILES string of the molecule is COc1ccc(C)cc1-c1csc(NC(=O)c2ccccn2)n1. The van der Waals surface area contributed by atoms with E-state index in [4.69, 9.17) is 4.74 Å². The third-order valence-corrected chi connectivity index (χ3v) is 4.01. The van der Waals surface area contributed by atoms with Crippen molar-refractivity contribution >= 4 is 22.4 Å². The van der Waals surface area contributed by atoms with Crippen molar-refractivity contribution in [3.8, 4) is 17.0 Å². The number of rotatable bonds is 4. The molecule has 0 aliphatic heterocycles. The number of aryl methyl sites for hydroxylation is 1. The molecule has 0 bridgehead atoms. The van der Waals surface area contributed by atoms with Crippen molar-refractivity contribution in [2.45, 2.75) is 6.92 Å². The van der Waals surface area contributed by atoms with Crippen molar-refractivity contribution in [3.63, 3.8) is 0 Å². The fraction of sp³-hybridized carbons (Fsp3) is 0.118. The molecule has 2 aromatic heterocycles. The minimum Gasteiger partial charge on any atom is -0.496 e. The topological polar surface area (TPSA) is 64.1 Å². The molecule has 0 aliphatic rings. The van der Waals surface area contributed by atoms with Crippen molar-refractivity contribution in [3.05, 3.63) is 59.2 Å². The van der Waals surface area contributed by atoms with E-state index in [1.54, 1.807) is 31.5 Å². The fourth-order valence-electron chi connectivity index (χ4n) is 2.14. The molecule has 0 unspecified atom stereocenters. The Bertz CT molecular complexity index is 831. The number of nitrogens with zero attached hydrogens (tertiary/aromatic N) is 2. The highest BCUT2D eigenvalue weighted by Crippen LogP contribution is 2.33. The first-order valence-corrected chi connectivity index (χ1v) is 7.88. The van der Waals surface area contributed by atoms with Crippen LogP contribution in [0.2, 0.25) is 0 Å². The number of carbonyl (C=O) groups is 1. The molecular formula is C17H15N3O2S.